The molecule has 4 nitrogen and oxygen atoms in total. The SMILES string of the molecule is N#CN=c1c2c(c3cc4c(cc13)c(=NC#N)c1cc(-c3cccc(C(F)(F)F)c3)ccc14)C=CC(c1cccc(C(F)(F)F)c1)C2. The third-order valence-electron chi connectivity index (χ3n) is 8.54. The van der Waals surface area contributed by atoms with E-state index in [0.717, 1.165) is 51.6 Å². The highest BCUT2D eigenvalue weighted by Crippen LogP contribution is 2.39. The topological polar surface area (TPSA) is 72.3 Å². The number of halogens is 6. The number of rotatable bonds is 2. The van der Waals surface area contributed by atoms with E-state index in [2.05, 4.69) is 9.98 Å². The second-order valence-electron chi connectivity index (χ2n) is 11.1. The monoisotopic (exact) mass is 620 g/mol. The molecule has 0 heterocycles. The van der Waals surface area contributed by atoms with Gasteiger partial charge < -0.3 is 0 Å². The Balaban J connectivity index is 1.42. The summed E-state index contributed by atoms with van der Waals surface area (Å²) in [7, 11) is 0. The first-order valence-corrected chi connectivity index (χ1v) is 14.0. The molecule has 1 unspecified atom stereocenters. The van der Waals surface area contributed by atoms with Crippen LogP contribution in [0.1, 0.15) is 33.7 Å². The second-order valence-corrected chi connectivity index (χ2v) is 11.1. The van der Waals surface area contributed by atoms with E-state index in [1.165, 1.54) is 12.1 Å². The molecule has 46 heavy (non-hydrogen) atoms. The zero-order valence-electron chi connectivity index (χ0n) is 23.5. The zero-order chi connectivity index (χ0) is 32.4. The average Bonchev–Trinajstić information content (AvgIpc) is 3.50. The molecule has 1 atom stereocenters. The minimum Gasteiger partial charge on any atom is -0.173 e. The highest BCUT2D eigenvalue weighted by Gasteiger charge is 2.32. The van der Waals surface area contributed by atoms with Crippen molar-refractivity contribution in [3.8, 4) is 23.5 Å². The number of benzene rings is 4. The van der Waals surface area contributed by atoms with Crippen LogP contribution in [0.5, 0.6) is 0 Å². The number of hydrogen-bond donors (Lipinski definition) is 0. The Bertz CT molecular complexity index is 2460. The van der Waals surface area contributed by atoms with Crippen LogP contribution < -0.4 is 10.7 Å². The molecule has 0 fully saturated rings. The number of alkyl halides is 6. The van der Waals surface area contributed by atoms with Crippen LogP contribution in [0.15, 0.2) is 94.9 Å². The van der Waals surface area contributed by atoms with E-state index < -0.39 is 23.5 Å². The predicted octanol–water partition coefficient (Wildman–Crippen LogP) is 8.84. The van der Waals surface area contributed by atoms with E-state index in [1.54, 1.807) is 36.4 Å². The first-order valence-electron chi connectivity index (χ1n) is 14.0. The fourth-order valence-electron chi connectivity index (χ4n) is 6.48. The highest BCUT2D eigenvalue weighted by molar-refractivity contribution is 6.17. The smallest absolute Gasteiger partial charge is 0.173 e. The summed E-state index contributed by atoms with van der Waals surface area (Å²) in [6, 6.07) is 19.1. The standard InChI is InChI=1S/C36H18F6N4/c37-35(38,39)23-5-1-3-19(11-23)21-7-9-25-27-15-28-26-10-8-22(20-4-2-6-24(12-20)36(40,41)42)14-30(26)34(46-18-44)32(28)16-31(27)33(45-17-43)29(25)13-21/h1-13,15-16,22H,14H2. The van der Waals surface area contributed by atoms with Crippen molar-refractivity contribution in [3.63, 3.8) is 0 Å². The highest BCUT2D eigenvalue weighted by atomic mass is 19.4. The third kappa shape index (κ3) is 4.70. The molecule has 224 valence electrons. The maximum absolute atomic E-state index is 13.4. The molecular formula is C36H18F6N4. The van der Waals surface area contributed by atoms with Gasteiger partial charge >= 0.3 is 12.4 Å². The molecule has 0 aliphatic heterocycles. The van der Waals surface area contributed by atoms with Crippen LogP contribution in [0.25, 0.3) is 49.5 Å². The molecule has 0 spiro atoms. The van der Waals surface area contributed by atoms with Gasteiger partial charge in [-0.25, -0.2) is 0 Å². The van der Waals surface area contributed by atoms with Crippen LogP contribution in [0.3, 0.4) is 0 Å². The van der Waals surface area contributed by atoms with Crippen molar-refractivity contribution in [3.05, 3.63) is 123 Å². The summed E-state index contributed by atoms with van der Waals surface area (Å²) in [4.78, 5) is 8.20. The van der Waals surface area contributed by atoms with Gasteiger partial charge in [-0.05, 0) is 86.8 Å². The van der Waals surface area contributed by atoms with Crippen LogP contribution in [0.4, 0.5) is 26.3 Å². The molecule has 10 heteroatoms. The molecule has 0 saturated carbocycles. The Labute approximate surface area is 256 Å². The van der Waals surface area contributed by atoms with Gasteiger partial charge in [0.1, 0.15) is 0 Å². The summed E-state index contributed by atoms with van der Waals surface area (Å²) in [5, 5.41) is 23.9. The maximum Gasteiger partial charge on any atom is 0.416 e. The first kappa shape index (κ1) is 29.0. The molecule has 1 aliphatic carbocycles. The van der Waals surface area contributed by atoms with E-state index in [-0.39, 0.29) is 5.92 Å². The molecule has 6 aromatic carbocycles. The lowest BCUT2D eigenvalue weighted by molar-refractivity contribution is -0.138. The lowest BCUT2D eigenvalue weighted by Crippen LogP contribution is -2.14. The molecule has 7 rings (SSSR count). The minimum atomic E-state index is -4.51. The Kier molecular flexibility index (Phi) is 6.57. The van der Waals surface area contributed by atoms with Gasteiger partial charge in [0, 0.05) is 22.1 Å². The molecule has 6 aromatic rings. The molecule has 0 radical (unpaired) electrons. The van der Waals surface area contributed by atoms with Crippen molar-refractivity contribution in [2.45, 2.75) is 24.7 Å². The normalized spacial score (nSPS) is 15.9. The zero-order valence-corrected chi connectivity index (χ0v) is 23.5. The maximum atomic E-state index is 13.4. The van der Waals surface area contributed by atoms with Crippen LogP contribution in [-0.4, -0.2) is 0 Å². The van der Waals surface area contributed by atoms with Crippen molar-refractivity contribution in [1.82, 2.24) is 0 Å². The molecule has 1 aliphatic rings. The molecule has 0 amide bonds. The summed E-state index contributed by atoms with van der Waals surface area (Å²) in [5.74, 6) is -0.378. The number of allylic oxidation sites excluding steroid dienone is 1. The van der Waals surface area contributed by atoms with Crippen LogP contribution >= 0.6 is 0 Å². The summed E-state index contributed by atoms with van der Waals surface area (Å²) in [6.07, 6.45) is -1.31. The van der Waals surface area contributed by atoms with Crippen molar-refractivity contribution in [1.29, 1.82) is 10.5 Å². The largest absolute Gasteiger partial charge is 0.416 e. The minimum absolute atomic E-state index is 0.323. The summed E-state index contributed by atoms with van der Waals surface area (Å²) >= 11 is 0. The fraction of sp³-hybridized carbons (Fsp3) is 0.111. The quantitative estimate of drug-likeness (QED) is 0.143. The lowest BCUT2D eigenvalue weighted by atomic mass is 9.86. The van der Waals surface area contributed by atoms with Gasteiger partial charge in [-0.1, -0.05) is 54.6 Å². The number of nitriles is 2. The van der Waals surface area contributed by atoms with E-state index in [9.17, 15) is 36.9 Å². The number of nitrogens with zero attached hydrogens (tertiary/aromatic N) is 4. The van der Waals surface area contributed by atoms with Crippen LogP contribution in [0.2, 0.25) is 0 Å². The predicted molar refractivity (Wildman–Crippen MR) is 161 cm³/mol. The van der Waals surface area contributed by atoms with Crippen molar-refractivity contribution < 1.29 is 26.3 Å². The van der Waals surface area contributed by atoms with Gasteiger partial charge in [0.15, 0.2) is 0 Å². The summed E-state index contributed by atoms with van der Waals surface area (Å²) in [5.41, 5.74) is 1.36. The Hall–Kier alpha value is -5.74. The van der Waals surface area contributed by atoms with Gasteiger partial charge in [-0.15, -0.1) is 0 Å². The third-order valence-corrected chi connectivity index (χ3v) is 8.54. The van der Waals surface area contributed by atoms with Gasteiger partial charge in [-0.2, -0.15) is 46.9 Å². The van der Waals surface area contributed by atoms with E-state index in [0.29, 0.717) is 50.0 Å². The van der Waals surface area contributed by atoms with Gasteiger partial charge in [0.25, 0.3) is 0 Å². The van der Waals surface area contributed by atoms with Crippen molar-refractivity contribution >= 4 is 38.4 Å². The van der Waals surface area contributed by atoms with E-state index in [4.69, 9.17) is 0 Å². The Morgan fingerprint density at radius 1 is 0.609 bits per heavy atom. The van der Waals surface area contributed by atoms with Crippen LogP contribution in [0, 0.1) is 22.9 Å². The summed E-state index contributed by atoms with van der Waals surface area (Å²) < 4.78 is 80.4. The van der Waals surface area contributed by atoms with Gasteiger partial charge in [0.2, 0.25) is 12.4 Å². The Morgan fingerprint density at radius 2 is 1.22 bits per heavy atom. The van der Waals surface area contributed by atoms with Gasteiger partial charge in [0.05, 0.1) is 21.8 Å². The van der Waals surface area contributed by atoms with Gasteiger partial charge in [-0.3, -0.25) is 0 Å². The average molecular weight is 621 g/mol. The van der Waals surface area contributed by atoms with Crippen molar-refractivity contribution in [2.24, 2.45) is 9.98 Å². The molecule has 0 bridgehead atoms. The first-order chi connectivity index (χ1) is 22.0. The fourth-order valence-corrected chi connectivity index (χ4v) is 6.48. The number of fused-ring (bicyclic) bond motifs is 6. The summed E-state index contributed by atoms with van der Waals surface area (Å²) in [6.45, 7) is 0. The lowest BCUT2D eigenvalue weighted by Gasteiger charge is -2.19. The Morgan fingerprint density at radius 3 is 1.93 bits per heavy atom. The number of hydrogen-bond acceptors (Lipinski definition) is 4. The van der Waals surface area contributed by atoms with E-state index in [1.807, 2.05) is 30.6 Å². The van der Waals surface area contributed by atoms with Crippen molar-refractivity contribution in [2.75, 3.05) is 0 Å². The molecular weight excluding hydrogens is 602 g/mol. The van der Waals surface area contributed by atoms with E-state index >= 15 is 0 Å². The van der Waals surface area contributed by atoms with Crippen LogP contribution in [-0.2, 0) is 18.8 Å². The molecule has 0 aromatic heterocycles. The molecule has 0 N–H and O–H groups in total. The second kappa shape index (κ2) is 10.4. The molecule has 0 saturated heterocycles.